The SMILES string of the molecule is CC(C)COCC(NC(=O)CC1CCc2ccccc21)c1ccco1. The molecule has 0 fully saturated rings. The van der Waals surface area contributed by atoms with Crippen molar-refractivity contribution in [2.75, 3.05) is 13.2 Å². The number of carbonyl (C=O) groups excluding carboxylic acids is 1. The second-order valence-electron chi connectivity index (χ2n) is 7.21. The predicted molar refractivity (Wildman–Crippen MR) is 97.4 cm³/mol. The van der Waals surface area contributed by atoms with Crippen molar-refractivity contribution in [1.29, 1.82) is 0 Å². The lowest BCUT2D eigenvalue weighted by Gasteiger charge is -2.19. The zero-order valence-electron chi connectivity index (χ0n) is 15.0. The summed E-state index contributed by atoms with van der Waals surface area (Å²) >= 11 is 0. The smallest absolute Gasteiger partial charge is 0.221 e. The minimum absolute atomic E-state index is 0.0521. The number of furan rings is 1. The molecule has 2 atom stereocenters. The molecule has 1 aromatic carbocycles. The van der Waals surface area contributed by atoms with E-state index in [9.17, 15) is 4.79 Å². The molecular formula is C21H27NO3. The van der Waals surface area contributed by atoms with E-state index in [1.807, 2.05) is 12.1 Å². The summed E-state index contributed by atoms with van der Waals surface area (Å²) in [7, 11) is 0. The molecule has 4 nitrogen and oxygen atoms in total. The molecule has 2 aromatic rings. The van der Waals surface area contributed by atoms with Crippen LogP contribution in [0.1, 0.15) is 55.5 Å². The highest BCUT2D eigenvalue weighted by molar-refractivity contribution is 5.77. The second kappa shape index (κ2) is 8.34. The summed E-state index contributed by atoms with van der Waals surface area (Å²) in [6.07, 6.45) is 4.25. The highest BCUT2D eigenvalue weighted by atomic mass is 16.5. The van der Waals surface area contributed by atoms with Crippen molar-refractivity contribution in [2.24, 2.45) is 5.92 Å². The summed E-state index contributed by atoms with van der Waals surface area (Å²) < 4.78 is 11.2. The number of nitrogens with one attached hydrogen (secondary N) is 1. The predicted octanol–water partition coefficient (Wildman–Crippen LogP) is 4.23. The van der Waals surface area contributed by atoms with Crippen LogP contribution in [-0.2, 0) is 16.0 Å². The van der Waals surface area contributed by atoms with Crippen LogP contribution in [-0.4, -0.2) is 19.1 Å². The molecule has 0 aliphatic heterocycles. The molecule has 1 amide bonds. The molecule has 0 saturated heterocycles. The van der Waals surface area contributed by atoms with Crippen molar-refractivity contribution in [3.05, 3.63) is 59.5 Å². The van der Waals surface area contributed by atoms with E-state index in [2.05, 4.69) is 43.4 Å². The Balaban J connectivity index is 1.59. The molecule has 1 heterocycles. The summed E-state index contributed by atoms with van der Waals surface area (Å²) in [5.41, 5.74) is 2.70. The Morgan fingerprint density at radius 2 is 2.08 bits per heavy atom. The molecule has 134 valence electrons. The minimum Gasteiger partial charge on any atom is -0.467 e. The number of amides is 1. The fourth-order valence-electron chi connectivity index (χ4n) is 3.44. The third-order valence-corrected chi connectivity index (χ3v) is 4.65. The van der Waals surface area contributed by atoms with E-state index in [1.54, 1.807) is 6.26 Å². The van der Waals surface area contributed by atoms with Gasteiger partial charge in [0.05, 0.1) is 12.9 Å². The Labute approximate surface area is 149 Å². The maximum Gasteiger partial charge on any atom is 0.221 e. The van der Waals surface area contributed by atoms with Crippen LogP contribution in [0.2, 0.25) is 0 Å². The van der Waals surface area contributed by atoms with Crippen LogP contribution in [0, 0.1) is 5.92 Å². The van der Waals surface area contributed by atoms with Crippen LogP contribution in [0.15, 0.2) is 47.1 Å². The third-order valence-electron chi connectivity index (χ3n) is 4.65. The molecule has 0 saturated carbocycles. The minimum atomic E-state index is -0.238. The Morgan fingerprint density at radius 3 is 2.84 bits per heavy atom. The van der Waals surface area contributed by atoms with E-state index < -0.39 is 0 Å². The third kappa shape index (κ3) is 4.73. The largest absolute Gasteiger partial charge is 0.467 e. The van der Waals surface area contributed by atoms with Gasteiger partial charge < -0.3 is 14.5 Å². The van der Waals surface area contributed by atoms with Crippen molar-refractivity contribution in [2.45, 2.75) is 45.1 Å². The molecule has 1 aromatic heterocycles. The van der Waals surface area contributed by atoms with Gasteiger partial charge in [0.1, 0.15) is 11.8 Å². The molecule has 0 spiro atoms. The molecule has 0 radical (unpaired) electrons. The van der Waals surface area contributed by atoms with Gasteiger partial charge in [0.25, 0.3) is 0 Å². The molecule has 4 heteroatoms. The summed E-state index contributed by atoms with van der Waals surface area (Å²) in [5.74, 6) is 1.56. The normalized spacial score (nSPS) is 17.5. The molecule has 1 aliphatic carbocycles. The number of fused-ring (bicyclic) bond motifs is 1. The van der Waals surface area contributed by atoms with Crippen molar-refractivity contribution in [3.8, 4) is 0 Å². The Hall–Kier alpha value is -2.07. The van der Waals surface area contributed by atoms with Crippen molar-refractivity contribution in [3.63, 3.8) is 0 Å². The van der Waals surface area contributed by atoms with E-state index in [-0.39, 0.29) is 11.9 Å². The van der Waals surface area contributed by atoms with Crippen LogP contribution in [0.5, 0.6) is 0 Å². The van der Waals surface area contributed by atoms with Gasteiger partial charge >= 0.3 is 0 Å². The van der Waals surface area contributed by atoms with Gasteiger partial charge in [-0.1, -0.05) is 38.1 Å². The first kappa shape index (κ1) is 17.7. The number of ether oxygens (including phenoxy) is 1. The summed E-state index contributed by atoms with van der Waals surface area (Å²) in [6.45, 7) is 5.32. The standard InChI is InChI=1S/C21H27NO3/c1-15(2)13-24-14-19(20-8-5-11-25-20)22-21(23)12-17-10-9-16-6-3-4-7-18(16)17/h3-8,11,15,17,19H,9-10,12-14H2,1-2H3,(H,22,23). The Kier molecular flexibility index (Phi) is 5.92. The summed E-state index contributed by atoms with van der Waals surface area (Å²) in [5, 5.41) is 3.09. The lowest BCUT2D eigenvalue weighted by atomic mass is 9.97. The maximum absolute atomic E-state index is 12.6. The van der Waals surface area contributed by atoms with E-state index in [0.717, 1.165) is 18.6 Å². The van der Waals surface area contributed by atoms with Crippen molar-refractivity contribution in [1.82, 2.24) is 5.32 Å². The van der Waals surface area contributed by atoms with E-state index >= 15 is 0 Å². The topological polar surface area (TPSA) is 51.5 Å². The first-order valence-corrected chi connectivity index (χ1v) is 9.11. The zero-order valence-corrected chi connectivity index (χ0v) is 15.0. The van der Waals surface area contributed by atoms with Gasteiger partial charge in [-0.3, -0.25) is 4.79 Å². The fourth-order valence-corrected chi connectivity index (χ4v) is 3.44. The first-order valence-electron chi connectivity index (χ1n) is 9.11. The number of rotatable bonds is 8. The number of benzene rings is 1. The monoisotopic (exact) mass is 341 g/mol. The molecule has 2 unspecified atom stereocenters. The molecule has 1 N–H and O–H groups in total. The maximum atomic E-state index is 12.6. The molecule has 1 aliphatic rings. The molecule has 0 bridgehead atoms. The summed E-state index contributed by atoms with van der Waals surface area (Å²) in [4.78, 5) is 12.6. The molecule has 25 heavy (non-hydrogen) atoms. The van der Waals surface area contributed by atoms with Crippen LogP contribution in [0.25, 0.3) is 0 Å². The highest BCUT2D eigenvalue weighted by Gasteiger charge is 2.26. The second-order valence-corrected chi connectivity index (χ2v) is 7.21. The fraction of sp³-hybridized carbons (Fsp3) is 0.476. The van der Waals surface area contributed by atoms with Crippen LogP contribution in [0.3, 0.4) is 0 Å². The number of hydrogen-bond donors (Lipinski definition) is 1. The van der Waals surface area contributed by atoms with Gasteiger partial charge in [-0.15, -0.1) is 0 Å². The molecular weight excluding hydrogens is 314 g/mol. The van der Waals surface area contributed by atoms with E-state index in [1.165, 1.54) is 11.1 Å². The van der Waals surface area contributed by atoms with Gasteiger partial charge in [0, 0.05) is 13.0 Å². The molecule has 3 rings (SSSR count). The average molecular weight is 341 g/mol. The highest BCUT2D eigenvalue weighted by Crippen LogP contribution is 2.35. The van der Waals surface area contributed by atoms with Gasteiger partial charge in [0.2, 0.25) is 5.91 Å². The number of hydrogen-bond acceptors (Lipinski definition) is 3. The number of aryl methyl sites for hydroxylation is 1. The van der Waals surface area contributed by atoms with Crippen molar-refractivity contribution >= 4 is 5.91 Å². The van der Waals surface area contributed by atoms with Gasteiger partial charge in [-0.25, -0.2) is 0 Å². The van der Waals surface area contributed by atoms with E-state index in [4.69, 9.17) is 9.15 Å². The van der Waals surface area contributed by atoms with Gasteiger partial charge in [-0.2, -0.15) is 0 Å². The lowest BCUT2D eigenvalue weighted by molar-refractivity contribution is -0.122. The summed E-state index contributed by atoms with van der Waals surface area (Å²) in [6, 6.07) is 11.9. The van der Waals surface area contributed by atoms with Gasteiger partial charge in [0.15, 0.2) is 0 Å². The lowest BCUT2D eigenvalue weighted by Crippen LogP contribution is -2.32. The van der Waals surface area contributed by atoms with Crippen LogP contribution >= 0.6 is 0 Å². The van der Waals surface area contributed by atoms with Gasteiger partial charge in [-0.05, 0) is 47.9 Å². The average Bonchev–Trinajstić information content (AvgIpc) is 3.24. The Bertz CT molecular complexity index is 678. The van der Waals surface area contributed by atoms with E-state index in [0.29, 0.717) is 31.5 Å². The quantitative estimate of drug-likeness (QED) is 0.782. The van der Waals surface area contributed by atoms with Crippen molar-refractivity contribution < 1.29 is 13.9 Å². The Morgan fingerprint density at radius 1 is 1.24 bits per heavy atom. The first-order chi connectivity index (χ1) is 12.1. The number of carbonyl (C=O) groups is 1. The van der Waals surface area contributed by atoms with Crippen LogP contribution in [0.4, 0.5) is 0 Å². The van der Waals surface area contributed by atoms with Crippen LogP contribution < -0.4 is 5.32 Å². The zero-order chi connectivity index (χ0) is 17.6.